The molecule has 0 atom stereocenters. The van der Waals surface area contributed by atoms with Crippen LogP contribution in [0, 0.1) is 0 Å². The second-order valence-corrected chi connectivity index (χ2v) is 6.00. The number of methoxy groups -OCH3 is 1. The van der Waals surface area contributed by atoms with Crippen LogP contribution in [0.3, 0.4) is 0 Å². The first-order valence-electron chi connectivity index (χ1n) is 8.80. The number of nitrogens with one attached hydrogen (secondary N) is 1. The molecular formula is C19H17N7O3. The zero-order valence-electron chi connectivity index (χ0n) is 15.5. The van der Waals surface area contributed by atoms with Gasteiger partial charge in [0.1, 0.15) is 18.4 Å². The van der Waals surface area contributed by atoms with Crippen molar-refractivity contribution in [1.29, 1.82) is 0 Å². The van der Waals surface area contributed by atoms with Crippen LogP contribution in [0.4, 0.5) is 5.69 Å². The van der Waals surface area contributed by atoms with E-state index in [0.29, 0.717) is 29.6 Å². The maximum atomic E-state index is 12.4. The lowest BCUT2D eigenvalue weighted by atomic mass is 10.2. The van der Waals surface area contributed by atoms with E-state index in [1.54, 1.807) is 25.4 Å². The topological polar surface area (TPSA) is 121 Å². The van der Waals surface area contributed by atoms with Gasteiger partial charge in [-0.25, -0.2) is 14.6 Å². The SMILES string of the molecule is COc1ccc(-c2noc(CCC(=O)Nc3cccnc3-n3cncn3)n2)cc1. The maximum Gasteiger partial charge on any atom is 0.227 e. The van der Waals surface area contributed by atoms with Crippen molar-refractivity contribution in [3.8, 4) is 23.0 Å². The van der Waals surface area contributed by atoms with Crippen LogP contribution >= 0.6 is 0 Å². The van der Waals surface area contributed by atoms with Crippen LogP contribution in [0.1, 0.15) is 12.3 Å². The molecule has 1 N–H and O–H groups in total. The zero-order valence-corrected chi connectivity index (χ0v) is 15.5. The van der Waals surface area contributed by atoms with Gasteiger partial charge in [0, 0.05) is 24.6 Å². The Morgan fingerprint density at radius 3 is 2.86 bits per heavy atom. The molecule has 0 aliphatic heterocycles. The van der Waals surface area contributed by atoms with Crippen LogP contribution in [0.25, 0.3) is 17.2 Å². The summed E-state index contributed by atoms with van der Waals surface area (Å²) in [5.41, 5.74) is 1.34. The van der Waals surface area contributed by atoms with Gasteiger partial charge in [-0.2, -0.15) is 10.1 Å². The highest BCUT2D eigenvalue weighted by atomic mass is 16.5. The van der Waals surface area contributed by atoms with Crippen LogP contribution in [-0.4, -0.2) is 42.9 Å². The number of anilines is 1. The molecule has 0 spiro atoms. The molecule has 0 saturated carbocycles. The van der Waals surface area contributed by atoms with E-state index in [0.717, 1.165) is 11.3 Å². The van der Waals surface area contributed by atoms with Crippen LogP contribution in [0.5, 0.6) is 5.75 Å². The van der Waals surface area contributed by atoms with Crippen LogP contribution in [-0.2, 0) is 11.2 Å². The fourth-order valence-corrected chi connectivity index (χ4v) is 2.64. The summed E-state index contributed by atoms with van der Waals surface area (Å²) < 4.78 is 11.9. The van der Waals surface area contributed by atoms with Gasteiger partial charge in [0.2, 0.25) is 17.6 Å². The summed E-state index contributed by atoms with van der Waals surface area (Å²) in [6.07, 6.45) is 5.02. The number of hydrogen-bond acceptors (Lipinski definition) is 8. The second kappa shape index (κ2) is 8.30. The number of aryl methyl sites for hydroxylation is 1. The fraction of sp³-hybridized carbons (Fsp3) is 0.158. The van der Waals surface area contributed by atoms with Crippen LogP contribution in [0.2, 0.25) is 0 Å². The minimum atomic E-state index is -0.205. The third-order valence-electron chi connectivity index (χ3n) is 4.08. The summed E-state index contributed by atoms with van der Waals surface area (Å²) in [4.78, 5) is 24.8. The van der Waals surface area contributed by atoms with Gasteiger partial charge in [-0.3, -0.25) is 4.79 Å². The van der Waals surface area contributed by atoms with Gasteiger partial charge < -0.3 is 14.6 Å². The molecule has 10 nitrogen and oxygen atoms in total. The summed E-state index contributed by atoms with van der Waals surface area (Å²) in [5.74, 6) is 1.87. The Labute approximate surface area is 165 Å². The lowest BCUT2D eigenvalue weighted by Crippen LogP contribution is -2.15. The molecule has 29 heavy (non-hydrogen) atoms. The highest BCUT2D eigenvalue weighted by Crippen LogP contribution is 2.20. The number of aromatic nitrogens is 6. The second-order valence-electron chi connectivity index (χ2n) is 6.00. The Bertz CT molecular complexity index is 1090. The molecule has 0 aliphatic carbocycles. The molecule has 10 heteroatoms. The van der Waals surface area contributed by atoms with Crippen molar-refractivity contribution in [3.05, 3.63) is 61.1 Å². The van der Waals surface area contributed by atoms with Gasteiger partial charge in [0.15, 0.2) is 5.82 Å². The van der Waals surface area contributed by atoms with E-state index in [9.17, 15) is 4.79 Å². The smallest absolute Gasteiger partial charge is 0.227 e. The summed E-state index contributed by atoms with van der Waals surface area (Å²) in [6, 6.07) is 10.8. The van der Waals surface area contributed by atoms with Crippen molar-refractivity contribution >= 4 is 11.6 Å². The van der Waals surface area contributed by atoms with Crippen molar-refractivity contribution in [2.24, 2.45) is 0 Å². The molecular weight excluding hydrogens is 374 g/mol. The first-order valence-corrected chi connectivity index (χ1v) is 8.80. The van der Waals surface area contributed by atoms with Gasteiger partial charge >= 0.3 is 0 Å². The fourth-order valence-electron chi connectivity index (χ4n) is 2.64. The molecule has 0 saturated heterocycles. The van der Waals surface area contributed by atoms with Gasteiger partial charge in [0.05, 0.1) is 12.8 Å². The minimum Gasteiger partial charge on any atom is -0.497 e. The van der Waals surface area contributed by atoms with Crippen molar-refractivity contribution in [1.82, 2.24) is 29.9 Å². The van der Waals surface area contributed by atoms with E-state index in [1.165, 1.54) is 17.3 Å². The summed E-state index contributed by atoms with van der Waals surface area (Å²) >= 11 is 0. The lowest BCUT2D eigenvalue weighted by Gasteiger charge is -2.08. The molecule has 0 fully saturated rings. The molecule has 0 bridgehead atoms. The van der Waals surface area contributed by atoms with Crippen molar-refractivity contribution in [2.75, 3.05) is 12.4 Å². The molecule has 3 aromatic heterocycles. The first kappa shape index (κ1) is 18.3. The predicted octanol–water partition coefficient (Wildman–Crippen LogP) is 2.29. The van der Waals surface area contributed by atoms with E-state index in [1.807, 2.05) is 24.3 Å². The van der Waals surface area contributed by atoms with Gasteiger partial charge in [-0.15, -0.1) is 0 Å². The Kier molecular flexibility index (Phi) is 5.23. The Morgan fingerprint density at radius 2 is 2.10 bits per heavy atom. The average molecular weight is 391 g/mol. The summed E-state index contributed by atoms with van der Waals surface area (Å²) in [5, 5.41) is 10.8. The largest absolute Gasteiger partial charge is 0.497 e. The molecule has 0 aliphatic rings. The number of benzene rings is 1. The monoisotopic (exact) mass is 391 g/mol. The van der Waals surface area contributed by atoms with Crippen LogP contribution in [0.15, 0.2) is 59.8 Å². The normalized spacial score (nSPS) is 10.7. The third kappa shape index (κ3) is 4.26. The summed E-state index contributed by atoms with van der Waals surface area (Å²) in [6.45, 7) is 0. The van der Waals surface area contributed by atoms with Crippen molar-refractivity contribution in [3.63, 3.8) is 0 Å². The number of ether oxygens (including phenoxy) is 1. The van der Waals surface area contributed by atoms with E-state index in [-0.39, 0.29) is 12.3 Å². The number of rotatable bonds is 7. The number of amides is 1. The molecule has 146 valence electrons. The highest BCUT2D eigenvalue weighted by Gasteiger charge is 2.13. The van der Waals surface area contributed by atoms with Gasteiger partial charge in [-0.1, -0.05) is 5.16 Å². The molecule has 4 aromatic rings. The Hall–Kier alpha value is -4.08. The molecule has 0 unspecified atom stereocenters. The number of carbonyl (C=O) groups excluding carboxylic acids is 1. The molecule has 0 radical (unpaired) electrons. The minimum absolute atomic E-state index is 0.177. The van der Waals surface area contributed by atoms with Gasteiger partial charge in [0.25, 0.3) is 0 Å². The predicted molar refractivity (Wildman–Crippen MR) is 102 cm³/mol. The average Bonchev–Trinajstić information content (AvgIpc) is 3.45. The van der Waals surface area contributed by atoms with Crippen molar-refractivity contribution < 1.29 is 14.1 Å². The first-order chi connectivity index (χ1) is 14.2. The number of nitrogens with zero attached hydrogens (tertiary/aromatic N) is 6. The molecule has 1 amide bonds. The van der Waals surface area contributed by atoms with E-state index in [2.05, 4.69) is 30.5 Å². The molecule has 4 rings (SSSR count). The Morgan fingerprint density at radius 1 is 1.24 bits per heavy atom. The van der Waals surface area contributed by atoms with Gasteiger partial charge in [-0.05, 0) is 36.4 Å². The number of pyridine rings is 1. The maximum absolute atomic E-state index is 12.4. The number of carbonyl (C=O) groups is 1. The Balaban J connectivity index is 1.38. The zero-order chi connectivity index (χ0) is 20.1. The highest BCUT2D eigenvalue weighted by molar-refractivity contribution is 5.92. The van der Waals surface area contributed by atoms with Crippen molar-refractivity contribution in [2.45, 2.75) is 12.8 Å². The summed E-state index contributed by atoms with van der Waals surface area (Å²) in [7, 11) is 1.60. The number of hydrogen-bond donors (Lipinski definition) is 1. The lowest BCUT2D eigenvalue weighted by molar-refractivity contribution is -0.116. The third-order valence-corrected chi connectivity index (χ3v) is 4.08. The molecule has 3 heterocycles. The van der Waals surface area contributed by atoms with E-state index >= 15 is 0 Å². The molecule has 1 aromatic carbocycles. The standard InChI is InChI=1S/C19H17N7O3/c1-28-14-6-4-13(5-7-14)18-24-17(29-25-18)9-8-16(27)23-15-3-2-10-21-19(15)26-12-20-11-22-26/h2-7,10-12H,8-9H2,1H3,(H,23,27). The van der Waals surface area contributed by atoms with Crippen LogP contribution < -0.4 is 10.1 Å². The van der Waals surface area contributed by atoms with E-state index in [4.69, 9.17) is 9.26 Å². The van der Waals surface area contributed by atoms with E-state index < -0.39 is 0 Å². The quantitative estimate of drug-likeness (QED) is 0.509.